The molecule has 3 rings (SSSR count). The second-order valence-corrected chi connectivity index (χ2v) is 5.93. The van der Waals surface area contributed by atoms with Crippen LogP contribution < -0.4 is 14.8 Å². The van der Waals surface area contributed by atoms with E-state index in [1.807, 2.05) is 54.3 Å². The second-order valence-electron chi connectivity index (χ2n) is 5.93. The van der Waals surface area contributed by atoms with Crippen LogP contribution in [0.5, 0.6) is 11.5 Å². The van der Waals surface area contributed by atoms with Crippen LogP contribution in [-0.2, 0) is 0 Å². The molecule has 0 aromatic heterocycles. The normalized spacial score (nSPS) is 16.2. The number of carbonyl (C=O) groups excluding carboxylic acids is 1. The molecule has 0 saturated carbocycles. The largest absolute Gasteiger partial charge is 0.493 e. The van der Waals surface area contributed by atoms with Crippen molar-refractivity contribution in [2.45, 2.75) is 26.4 Å². The average molecular weight is 340 g/mol. The van der Waals surface area contributed by atoms with Crippen LogP contribution in [0.2, 0.25) is 0 Å². The fraction of sp³-hybridized carbons (Fsp3) is 0.350. The summed E-state index contributed by atoms with van der Waals surface area (Å²) in [6, 6.07) is 13.4. The Morgan fingerprint density at radius 3 is 2.64 bits per heavy atom. The maximum Gasteiger partial charge on any atom is 0.257 e. The van der Waals surface area contributed by atoms with E-state index in [-0.39, 0.29) is 12.1 Å². The molecular formula is C20H24N2O3. The van der Waals surface area contributed by atoms with E-state index < -0.39 is 0 Å². The topological polar surface area (TPSA) is 50.8 Å². The zero-order valence-corrected chi connectivity index (χ0v) is 14.9. The summed E-state index contributed by atoms with van der Waals surface area (Å²) in [6.07, 6.45) is 0.659. The molecule has 0 fully saturated rings. The van der Waals surface area contributed by atoms with Crippen LogP contribution in [0.3, 0.4) is 0 Å². The van der Waals surface area contributed by atoms with E-state index in [1.165, 1.54) is 0 Å². The molecule has 0 radical (unpaired) electrons. The van der Waals surface area contributed by atoms with E-state index in [1.54, 1.807) is 7.11 Å². The summed E-state index contributed by atoms with van der Waals surface area (Å²) in [4.78, 5) is 14.8. The average Bonchev–Trinajstić information content (AvgIpc) is 2.64. The SMILES string of the molecule is CCCN1C(=O)c2ccccc2N[C@@H]1c1ccc(OCC)c(OC)c1. The van der Waals surface area contributed by atoms with E-state index >= 15 is 0 Å². The monoisotopic (exact) mass is 340 g/mol. The number of nitrogens with one attached hydrogen (secondary N) is 1. The highest BCUT2D eigenvalue weighted by molar-refractivity contribution is 6.01. The predicted molar refractivity (Wildman–Crippen MR) is 98.3 cm³/mol. The third-order valence-electron chi connectivity index (χ3n) is 4.29. The summed E-state index contributed by atoms with van der Waals surface area (Å²) in [7, 11) is 1.63. The molecule has 0 unspecified atom stereocenters. The molecule has 1 heterocycles. The quantitative estimate of drug-likeness (QED) is 0.861. The Bertz CT molecular complexity index is 760. The van der Waals surface area contributed by atoms with Crippen molar-refractivity contribution in [1.29, 1.82) is 0 Å². The number of amides is 1. The molecule has 1 aliphatic rings. The van der Waals surface area contributed by atoms with Gasteiger partial charge in [-0.15, -0.1) is 0 Å². The van der Waals surface area contributed by atoms with Crippen LogP contribution >= 0.6 is 0 Å². The molecule has 1 atom stereocenters. The molecule has 1 N–H and O–H groups in total. The Labute approximate surface area is 148 Å². The fourth-order valence-corrected chi connectivity index (χ4v) is 3.16. The van der Waals surface area contributed by atoms with E-state index in [0.717, 1.165) is 17.7 Å². The molecular weight excluding hydrogens is 316 g/mol. The van der Waals surface area contributed by atoms with Crippen molar-refractivity contribution in [2.24, 2.45) is 0 Å². The summed E-state index contributed by atoms with van der Waals surface area (Å²) in [6.45, 7) is 5.27. The maximum atomic E-state index is 12.9. The molecule has 1 aliphatic heterocycles. The number of nitrogens with zero attached hydrogens (tertiary/aromatic N) is 1. The van der Waals surface area contributed by atoms with Crippen molar-refractivity contribution < 1.29 is 14.3 Å². The number of anilines is 1. The lowest BCUT2D eigenvalue weighted by Gasteiger charge is -2.38. The van der Waals surface area contributed by atoms with Crippen molar-refractivity contribution in [3.63, 3.8) is 0 Å². The highest BCUT2D eigenvalue weighted by Crippen LogP contribution is 2.36. The highest BCUT2D eigenvalue weighted by Gasteiger charge is 2.32. The third kappa shape index (κ3) is 3.27. The van der Waals surface area contributed by atoms with E-state index in [4.69, 9.17) is 9.47 Å². The van der Waals surface area contributed by atoms with Gasteiger partial charge in [0.25, 0.3) is 5.91 Å². The van der Waals surface area contributed by atoms with Crippen molar-refractivity contribution in [3.8, 4) is 11.5 Å². The van der Waals surface area contributed by atoms with Crippen LogP contribution in [0.15, 0.2) is 42.5 Å². The zero-order valence-electron chi connectivity index (χ0n) is 14.9. The molecule has 0 bridgehead atoms. The summed E-state index contributed by atoms with van der Waals surface area (Å²) >= 11 is 0. The number of rotatable bonds is 6. The minimum Gasteiger partial charge on any atom is -0.493 e. The molecule has 0 aliphatic carbocycles. The Kier molecular flexibility index (Phi) is 5.12. The van der Waals surface area contributed by atoms with E-state index in [9.17, 15) is 4.79 Å². The van der Waals surface area contributed by atoms with Crippen molar-refractivity contribution in [1.82, 2.24) is 4.90 Å². The van der Waals surface area contributed by atoms with Gasteiger partial charge in [-0.1, -0.05) is 25.1 Å². The Morgan fingerprint density at radius 1 is 1.12 bits per heavy atom. The zero-order chi connectivity index (χ0) is 17.8. The molecule has 25 heavy (non-hydrogen) atoms. The first-order valence-corrected chi connectivity index (χ1v) is 8.66. The number of benzene rings is 2. The molecule has 2 aromatic carbocycles. The van der Waals surface area contributed by atoms with Crippen molar-refractivity contribution in [3.05, 3.63) is 53.6 Å². The lowest BCUT2D eigenvalue weighted by atomic mass is 10.0. The summed E-state index contributed by atoms with van der Waals surface area (Å²) in [5.41, 5.74) is 2.54. The first-order valence-electron chi connectivity index (χ1n) is 8.66. The second kappa shape index (κ2) is 7.47. The van der Waals surface area contributed by atoms with Crippen LogP contribution in [-0.4, -0.2) is 31.1 Å². The van der Waals surface area contributed by atoms with Gasteiger partial charge in [0, 0.05) is 12.2 Å². The van der Waals surface area contributed by atoms with Gasteiger partial charge in [0.15, 0.2) is 11.5 Å². The number of carbonyl (C=O) groups is 1. The molecule has 5 nitrogen and oxygen atoms in total. The van der Waals surface area contributed by atoms with Gasteiger partial charge in [-0.05, 0) is 43.2 Å². The van der Waals surface area contributed by atoms with Gasteiger partial charge in [0.1, 0.15) is 6.17 Å². The van der Waals surface area contributed by atoms with Crippen molar-refractivity contribution in [2.75, 3.05) is 25.6 Å². The van der Waals surface area contributed by atoms with Gasteiger partial charge < -0.3 is 19.7 Å². The van der Waals surface area contributed by atoms with Gasteiger partial charge in [0.05, 0.1) is 19.3 Å². The first kappa shape index (κ1) is 17.1. The highest BCUT2D eigenvalue weighted by atomic mass is 16.5. The third-order valence-corrected chi connectivity index (χ3v) is 4.29. The molecule has 1 amide bonds. The van der Waals surface area contributed by atoms with Crippen molar-refractivity contribution >= 4 is 11.6 Å². The minimum atomic E-state index is -0.230. The maximum absolute atomic E-state index is 12.9. The fourth-order valence-electron chi connectivity index (χ4n) is 3.16. The predicted octanol–water partition coefficient (Wildman–Crippen LogP) is 4.07. The van der Waals surface area contributed by atoms with Gasteiger partial charge in [-0.25, -0.2) is 0 Å². The van der Waals surface area contributed by atoms with E-state index in [2.05, 4.69) is 12.2 Å². The summed E-state index contributed by atoms with van der Waals surface area (Å²) < 4.78 is 11.1. The van der Waals surface area contributed by atoms with Gasteiger partial charge >= 0.3 is 0 Å². The van der Waals surface area contributed by atoms with Crippen LogP contribution in [0.25, 0.3) is 0 Å². The molecule has 0 saturated heterocycles. The van der Waals surface area contributed by atoms with Gasteiger partial charge in [0.2, 0.25) is 0 Å². The number of fused-ring (bicyclic) bond motifs is 1. The molecule has 5 heteroatoms. The number of ether oxygens (including phenoxy) is 2. The van der Waals surface area contributed by atoms with Gasteiger partial charge in [-0.2, -0.15) is 0 Å². The van der Waals surface area contributed by atoms with Crippen LogP contribution in [0.1, 0.15) is 42.4 Å². The molecule has 2 aromatic rings. The van der Waals surface area contributed by atoms with Gasteiger partial charge in [-0.3, -0.25) is 4.79 Å². The number of methoxy groups -OCH3 is 1. The Morgan fingerprint density at radius 2 is 1.92 bits per heavy atom. The summed E-state index contributed by atoms with van der Waals surface area (Å²) in [5.74, 6) is 1.43. The Hall–Kier alpha value is -2.69. The standard InChI is InChI=1S/C20H24N2O3/c1-4-12-22-19(21-16-9-7-6-8-15(16)20(22)23)14-10-11-17(25-5-2)18(13-14)24-3/h6-11,13,19,21H,4-5,12H2,1-3H3/t19-/m0/s1. The van der Waals surface area contributed by atoms with Crippen LogP contribution in [0.4, 0.5) is 5.69 Å². The first-order chi connectivity index (χ1) is 12.2. The Balaban J connectivity index is 2.01. The molecule has 132 valence electrons. The smallest absolute Gasteiger partial charge is 0.257 e. The molecule has 0 spiro atoms. The number of hydrogen-bond donors (Lipinski definition) is 1. The minimum absolute atomic E-state index is 0.0500. The lowest BCUT2D eigenvalue weighted by molar-refractivity contribution is 0.0683. The number of para-hydroxylation sites is 1. The van der Waals surface area contributed by atoms with Crippen LogP contribution in [0, 0.1) is 0 Å². The lowest BCUT2D eigenvalue weighted by Crippen LogP contribution is -2.43. The number of hydrogen-bond acceptors (Lipinski definition) is 4. The van der Waals surface area contributed by atoms with E-state index in [0.29, 0.717) is 30.2 Å². The summed E-state index contributed by atoms with van der Waals surface area (Å²) in [5, 5.41) is 3.49.